The van der Waals surface area contributed by atoms with Gasteiger partial charge in [0.05, 0.1) is 12.6 Å². The lowest BCUT2D eigenvalue weighted by atomic mass is 10.0. The van der Waals surface area contributed by atoms with Crippen molar-refractivity contribution in [1.29, 1.82) is 0 Å². The fourth-order valence-corrected chi connectivity index (χ4v) is 2.41. The van der Waals surface area contributed by atoms with Crippen molar-refractivity contribution in [1.82, 2.24) is 10.6 Å². The molecule has 0 aliphatic carbocycles. The topological polar surface area (TPSA) is 50.4 Å². The van der Waals surface area contributed by atoms with Gasteiger partial charge in [-0.1, -0.05) is 18.6 Å². The summed E-state index contributed by atoms with van der Waals surface area (Å²) in [5.74, 6) is 0.937. The van der Waals surface area contributed by atoms with Crippen molar-refractivity contribution in [2.24, 2.45) is 0 Å². The standard InChI is InChI=1S/C16H24N2O2/c1-12-6-5-7-14(10-12)20-13(2)11-18-16(19)15-8-3-4-9-17-15/h5-7,10,13,15,17H,3-4,8-9,11H2,1-2H3,(H,18,19). The SMILES string of the molecule is Cc1cccc(OC(C)CNC(=O)C2CCCCN2)c1. The lowest BCUT2D eigenvalue weighted by molar-refractivity contribution is -0.124. The monoisotopic (exact) mass is 276 g/mol. The number of aryl methyl sites for hydroxylation is 1. The van der Waals surface area contributed by atoms with Crippen LogP contribution in [0.5, 0.6) is 5.75 Å². The summed E-state index contributed by atoms with van der Waals surface area (Å²) >= 11 is 0. The van der Waals surface area contributed by atoms with Crippen LogP contribution in [-0.4, -0.2) is 31.1 Å². The van der Waals surface area contributed by atoms with Crippen molar-refractivity contribution in [2.45, 2.75) is 45.3 Å². The summed E-state index contributed by atoms with van der Waals surface area (Å²) in [7, 11) is 0. The van der Waals surface area contributed by atoms with E-state index in [1.165, 1.54) is 5.56 Å². The van der Waals surface area contributed by atoms with E-state index in [0.29, 0.717) is 6.54 Å². The molecule has 0 bridgehead atoms. The summed E-state index contributed by atoms with van der Waals surface area (Å²) in [5, 5.41) is 6.21. The van der Waals surface area contributed by atoms with Crippen molar-refractivity contribution in [3.63, 3.8) is 0 Å². The molecule has 20 heavy (non-hydrogen) atoms. The summed E-state index contributed by atoms with van der Waals surface area (Å²) in [6, 6.07) is 7.92. The number of nitrogens with one attached hydrogen (secondary N) is 2. The Labute approximate surface area is 120 Å². The Morgan fingerprint density at radius 3 is 3.05 bits per heavy atom. The van der Waals surface area contributed by atoms with Gasteiger partial charge in [0.15, 0.2) is 0 Å². The van der Waals surface area contributed by atoms with E-state index in [2.05, 4.69) is 10.6 Å². The highest BCUT2D eigenvalue weighted by Crippen LogP contribution is 2.14. The molecule has 1 saturated heterocycles. The lowest BCUT2D eigenvalue weighted by Gasteiger charge is -2.23. The zero-order valence-corrected chi connectivity index (χ0v) is 12.3. The third-order valence-electron chi connectivity index (χ3n) is 3.52. The Balaban J connectivity index is 1.74. The summed E-state index contributed by atoms with van der Waals surface area (Å²) in [6.45, 7) is 5.48. The van der Waals surface area contributed by atoms with Gasteiger partial charge in [0, 0.05) is 0 Å². The Morgan fingerprint density at radius 2 is 2.35 bits per heavy atom. The average molecular weight is 276 g/mol. The first-order valence-corrected chi connectivity index (χ1v) is 7.39. The summed E-state index contributed by atoms with van der Waals surface area (Å²) < 4.78 is 5.80. The molecule has 110 valence electrons. The molecule has 1 aromatic carbocycles. The third kappa shape index (κ3) is 4.53. The van der Waals surface area contributed by atoms with Crippen LogP contribution in [0.3, 0.4) is 0 Å². The minimum Gasteiger partial charge on any atom is -0.489 e. The molecular formula is C16H24N2O2. The van der Waals surface area contributed by atoms with Gasteiger partial charge in [-0.25, -0.2) is 0 Å². The number of hydrogen-bond donors (Lipinski definition) is 2. The summed E-state index contributed by atoms with van der Waals surface area (Å²) in [6.07, 6.45) is 3.18. The zero-order chi connectivity index (χ0) is 14.4. The third-order valence-corrected chi connectivity index (χ3v) is 3.52. The molecule has 2 atom stereocenters. The highest BCUT2D eigenvalue weighted by Gasteiger charge is 2.20. The van der Waals surface area contributed by atoms with Gasteiger partial charge in [-0.2, -0.15) is 0 Å². The van der Waals surface area contributed by atoms with Crippen LogP contribution in [0.25, 0.3) is 0 Å². The number of rotatable bonds is 5. The number of carbonyl (C=O) groups excluding carboxylic acids is 1. The first-order chi connectivity index (χ1) is 9.65. The molecule has 4 nitrogen and oxygen atoms in total. The molecule has 1 amide bonds. The van der Waals surface area contributed by atoms with E-state index in [0.717, 1.165) is 31.6 Å². The van der Waals surface area contributed by atoms with Crippen LogP contribution in [0.4, 0.5) is 0 Å². The fourth-order valence-electron chi connectivity index (χ4n) is 2.41. The van der Waals surface area contributed by atoms with Crippen LogP contribution < -0.4 is 15.4 Å². The number of piperidine rings is 1. The second-order valence-corrected chi connectivity index (χ2v) is 5.49. The van der Waals surface area contributed by atoms with Crippen LogP contribution in [0.1, 0.15) is 31.7 Å². The molecule has 1 aromatic rings. The Hall–Kier alpha value is -1.55. The quantitative estimate of drug-likeness (QED) is 0.865. The highest BCUT2D eigenvalue weighted by molar-refractivity contribution is 5.81. The summed E-state index contributed by atoms with van der Waals surface area (Å²) in [5.41, 5.74) is 1.17. The summed E-state index contributed by atoms with van der Waals surface area (Å²) in [4.78, 5) is 12.0. The minimum atomic E-state index is -0.0376. The van der Waals surface area contributed by atoms with Gasteiger partial charge in [0.25, 0.3) is 0 Å². The van der Waals surface area contributed by atoms with Gasteiger partial charge < -0.3 is 15.4 Å². The largest absolute Gasteiger partial charge is 0.489 e. The number of amides is 1. The highest BCUT2D eigenvalue weighted by atomic mass is 16.5. The van der Waals surface area contributed by atoms with Gasteiger partial charge in [0.1, 0.15) is 11.9 Å². The van der Waals surface area contributed by atoms with Crippen molar-refractivity contribution in [3.05, 3.63) is 29.8 Å². The zero-order valence-electron chi connectivity index (χ0n) is 12.3. The lowest BCUT2D eigenvalue weighted by Crippen LogP contribution is -2.48. The van der Waals surface area contributed by atoms with Crippen LogP contribution in [0.15, 0.2) is 24.3 Å². The smallest absolute Gasteiger partial charge is 0.237 e. The van der Waals surface area contributed by atoms with Gasteiger partial charge in [0.2, 0.25) is 5.91 Å². The molecule has 1 heterocycles. The molecule has 2 N–H and O–H groups in total. The van der Waals surface area contributed by atoms with E-state index < -0.39 is 0 Å². The maximum absolute atomic E-state index is 12.0. The average Bonchev–Trinajstić information content (AvgIpc) is 2.46. The second-order valence-electron chi connectivity index (χ2n) is 5.49. The van der Waals surface area contributed by atoms with E-state index in [1.807, 2.05) is 38.1 Å². The van der Waals surface area contributed by atoms with E-state index in [9.17, 15) is 4.79 Å². The molecule has 1 fully saturated rings. The van der Waals surface area contributed by atoms with Gasteiger partial charge >= 0.3 is 0 Å². The van der Waals surface area contributed by atoms with Crippen molar-refractivity contribution >= 4 is 5.91 Å². The van der Waals surface area contributed by atoms with Gasteiger partial charge in [-0.15, -0.1) is 0 Å². The molecule has 0 saturated carbocycles. The number of benzene rings is 1. The normalized spacial score (nSPS) is 20.2. The van der Waals surface area contributed by atoms with Crippen molar-refractivity contribution in [3.8, 4) is 5.75 Å². The molecule has 0 spiro atoms. The first kappa shape index (κ1) is 14.9. The molecular weight excluding hydrogens is 252 g/mol. The maximum atomic E-state index is 12.0. The first-order valence-electron chi connectivity index (χ1n) is 7.39. The van der Waals surface area contributed by atoms with E-state index in [-0.39, 0.29) is 18.1 Å². The number of carbonyl (C=O) groups is 1. The molecule has 0 radical (unpaired) electrons. The number of hydrogen-bond acceptors (Lipinski definition) is 3. The molecule has 1 aliphatic rings. The second kappa shape index (κ2) is 7.29. The van der Waals surface area contributed by atoms with Crippen LogP contribution in [0, 0.1) is 6.92 Å². The van der Waals surface area contributed by atoms with Crippen molar-refractivity contribution in [2.75, 3.05) is 13.1 Å². The van der Waals surface area contributed by atoms with E-state index >= 15 is 0 Å². The maximum Gasteiger partial charge on any atom is 0.237 e. The van der Waals surface area contributed by atoms with Crippen LogP contribution in [0.2, 0.25) is 0 Å². The van der Waals surface area contributed by atoms with E-state index in [4.69, 9.17) is 4.74 Å². The van der Waals surface area contributed by atoms with Gasteiger partial charge in [-0.05, 0) is 50.9 Å². The molecule has 2 rings (SSSR count). The Bertz CT molecular complexity index is 442. The predicted molar refractivity (Wildman–Crippen MR) is 79.9 cm³/mol. The molecule has 4 heteroatoms. The van der Waals surface area contributed by atoms with Crippen LogP contribution in [-0.2, 0) is 4.79 Å². The predicted octanol–water partition coefficient (Wildman–Crippen LogP) is 2.02. The Morgan fingerprint density at radius 1 is 1.50 bits per heavy atom. The molecule has 0 aromatic heterocycles. The fraction of sp³-hybridized carbons (Fsp3) is 0.562. The van der Waals surface area contributed by atoms with Gasteiger partial charge in [-0.3, -0.25) is 4.79 Å². The number of ether oxygens (including phenoxy) is 1. The molecule has 2 unspecified atom stereocenters. The van der Waals surface area contributed by atoms with E-state index in [1.54, 1.807) is 0 Å². The minimum absolute atomic E-state index is 0.0325. The van der Waals surface area contributed by atoms with Crippen LogP contribution >= 0.6 is 0 Å². The molecule has 1 aliphatic heterocycles. The Kier molecular flexibility index (Phi) is 5.41. The van der Waals surface area contributed by atoms with Crippen molar-refractivity contribution < 1.29 is 9.53 Å².